The Balaban J connectivity index is 0.00000295. The minimum absolute atomic E-state index is 0.00559. The Morgan fingerprint density at radius 3 is 2.30 bits per heavy atom. The Kier molecular flexibility index (Phi) is 17.6. The van der Waals surface area contributed by atoms with E-state index in [1.54, 1.807) is 26.0 Å². The second-order valence-corrected chi connectivity index (χ2v) is 12.1. The molecule has 0 spiro atoms. The molecule has 0 aromatic carbocycles. The topological polar surface area (TPSA) is 140 Å². The quantitative estimate of drug-likeness (QED) is 0.172. The van der Waals surface area contributed by atoms with Crippen molar-refractivity contribution in [1.82, 2.24) is 0 Å². The molecule has 43 heavy (non-hydrogen) atoms. The van der Waals surface area contributed by atoms with E-state index in [9.17, 15) is 19.8 Å². The van der Waals surface area contributed by atoms with Crippen LogP contribution in [0.25, 0.3) is 6.08 Å². The van der Waals surface area contributed by atoms with E-state index in [0.29, 0.717) is 31.1 Å². The average Bonchev–Trinajstić information content (AvgIpc) is 3.46. The predicted octanol–water partition coefficient (Wildman–Crippen LogP) is 5.98. The lowest BCUT2D eigenvalue weighted by Crippen LogP contribution is -2.47. The van der Waals surface area contributed by atoms with Crippen LogP contribution in [0.5, 0.6) is 0 Å². The fourth-order valence-electron chi connectivity index (χ4n) is 6.25. The molecule has 2 rings (SSSR count). The average molecular weight is 607 g/mol. The molecule has 1 saturated heterocycles. The van der Waals surface area contributed by atoms with Crippen LogP contribution in [-0.2, 0) is 28.7 Å². The van der Waals surface area contributed by atoms with Crippen LogP contribution in [0.2, 0.25) is 0 Å². The lowest BCUT2D eigenvalue weighted by atomic mass is 9.75. The molecular weight excluding hydrogens is 552 g/mol. The molecular formula is C34H54O9. The lowest BCUT2D eigenvalue weighted by Gasteiger charge is -2.41. The van der Waals surface area contributed by atoms with Crippen LogP contribution in [0.1, 0.15) is 111 Å². The van der Waals surface area contributed by atoms with E-state index < -0.39 is 30.0 Å². The van der Waals surface area contributed by atoms with Gasteiger partial charge >= 0.3 is 12.1 Å². The number of hydrogen-bond donors (Lipinski definition) is 2. The van der Waals surface area contributed by atoms with Gasteiger partial charge in [-0.2, -0.15) is 9.59 Å². The van der Waals surface area contributed by atoms with Gasteiger partial charge in [-0.15, -0.1) is 0 Å². The molecule has 244 valence electrons. The maximum Gasteiger partial charge on any atom is 0.373 e. The molecule has 0 aliphatic carbocycles. The third kappa shape index (κ3) is 11.8. The van der Waals surface area contributed by atoms with Crippen molar-refractivity contribution in [2.75, 3.05) is 6.61 Å². The van der Waals surface area contributed by atoms with Crippen LogP contribution in [0.15, 0.2) is 22.6 Å². The number of carbonyl (C=O) groups is 2. The molecule has 2 N–H and O–H groups in total. The van der Waals surface area contributed by atoms with E-state index in [2.05, 4.69) is 13.8 Å². The van der Waals surface area contributed by atoms with Gasteiger partial charge in [0.25, 0.3) is 0 Å². The van der Waals surface area contributed by atoms with Gasteiger partial charge in [-0.1, -0.05) is 54.9 Å². The summed E-state index contributed by atoms with van der Waals surface area (Å²) in [5, 5.41) is 22.6. The summed E-state index contributed by atoms with van der Waals surface area (Å²) in [6.45, 7) is 16.1. The predicted molar refractivity (Wildman–Crippen MR) is 163 cm³/mol. The first-order valence-electron chi connectivity index (χ1n) is 15.9. The zero-order valence-electron chi connectivity index (χ0n) is 27.3. The van der Waals surface area contributed by atoms with Crippen molar-refractivity contribution in [3.63, 3.8) is 0 Å². The molecule has 9 nitrogen and oxygen atoms in total. The van der Waals surface area contributed by atoms with Crippen LogP contribution in [0, 0.1) is 29.6 Å². The highest BCUT2D eigenvalue weighted by Gasteiger charge is 2.41. The highest BCUT2D eigenvalue weighted by molar-refractivity contribution is 5.86. The Morgan fingerprint density at radius 1 is 1.07 bits per heavy atom. The third-order valence-corrected chi connectivity index (χ3v) is 8.81. The monoisotopic (exact) mass is 606 g/mol. The number of aliphatic hydroxyl groups excluding tert-OH is 2. The molecule has 0 radical (unpaired) electrons. The van der Waals surface area contributed by atoms with Gasteiger partial charge in [-0.3, -0.25) is 4.79 Å². The number of ether oxygens (including phenoxy) is 2. The van der Waals surface area contributed by atoms with Crippen molar-refractivity contribution in [2.45, 2.75) is 124 Å². The van der Waals surface area contributed by atoms with Gasteiger partial charge in [0, 0.05) is 29.7 Å². The summed E-state index contributed by atoms with van der Waals surface area (Å²) in [6.07, 6.45) is 6.97. The number of hydrogen-bond acceptors (Lipinski definition) is 9. The summed E-state index contributed by atoms with van der Waals surface area (Å²) in [5.41, 5.74) is 0. The highest BCUT2D eigenvalue weighted by Crippen LogP contribution is 2.36. The molecule has 0 unspecified atom stereocenters. The van der Waals surface area contributed by atoms with E-state index in [4.69, 9.17) is 23.5 Å². The van der Waals surface area contributed by atoms with Gasteiger partial charge in [0.2, 0.25) is 0 Å². The van der Waals surface area contributed by atoms with Crippen molar-refractivity contribution in [2.24, 2.45) is 29.6 Å². The number of Topliss-reactive ketones (excluding diaryl/α,β-unsaturated/α-hetero) is 1. The zero-order chi connectivity index (χ0) is 32.7. The van der Waals surface area contributed by atoms with Crippen molar-refractivity contribution < 1.29 is 43.3 Å². The molecule has 1 aliphatic heterocycles. The molecule has 1 fully saturated rings. The summed E-state index contributed by atoms with van der Waals surface area (Å²) in [7, 11) is 0. The molecule has 0 bridgehead atoms. The maximum atomic E-state index is 13.6. The fourth-order valence-corrected chi connectivity index (χ4v) is 6.25. The molecule has 1 aromatic heterocycles. The van der Waals surface area contributed by atoms with Crippen LogP contribution >= 0.6 is 0 Å². The van der Waals surface area contributed by atoms with E-state index >= 15 is 0 Å². The summed E-state index contributed by atoms with van der Waals surface area (Å²) < 4.78 is 17.2. The Labute approximate surface area is 257 Å². The molecule has 1 aromatic rings. The Morgan fingerprint density at radius 2 is 1.72 bits per heavy atom. The number of carbonyl (C=O) groups excluding carboxylic acids is 4. The number of furan rings is 1. The molecule has 9 heteroatoms. The van der Waals surface area contributed by atoms with Crippen LogP contribution in [0.3, 0.4) is 0 Å². The van der Waals surface area contributed by atoms with Crippen molar-refractivity contribution in [3.05, 3.63) is 29.7 Å². The smallest absolute Gasteiger partial charge is 0.373 e. The molecule has 1 aliphatic rings. The van der Waals surface area contributed by atoms with E-state index in [-0.39, 0.29) is 41.9 Å². The highest BCUT2D eigenvalue weighted by atomic mass is 16.5. The Bertz CT molecular complexity index is 1020. The van der Waals surface area contributed by atoms with Crippen molar-refractivity contribution in [1.29, 1.82) is 0 Å². The number of rotatable bonds is 16. The summed E-state index contributed by atoms with van der Waals surface area (Å²) in [4.78, 5) is 41.4. The summed E-state index contributed by atoms with van der Waals surface area (Å²) >= 11 is 0. The minimum atomic E-state index is -0.833. The van der Waals surface area contributed by atoms with Gasteiger partial charge in [0.1, 0.15) is 17.3 Å². The standard InChI is InChI=1S/C33H54O7.CO2/c1-9-12-25-14-13-20(4)33(40-25)24(8)31(36)23(7)32(37)27(10-2)30(35)22(6)19-21(5)28-17-15-26(39-28)16-18-29(34)38-11-3;2-1-3/h15-18,20-25,27,30-31,33,35-36H,9-14,19H2,1-8H3;/b18-16+;/t20-,21+,22-,23-,24-,25-,27+,30-,31+,33+;/m0./s1. The normalized spacial score (nSPS) is 23.5. The van der Waals surface area contributed by atoms with Gasteiger partial charge in [-0.05, 0) is 69.1 Å². The first-order valence-corrected chi connectivity index (χ1v) is 15.9. The van der Waals surface area contributed by atoms with E-state index in [1.807, 2.05) is 33.8 Å². The van der Waals surface area contributed by atoms with Crippen LogP contribution in [-0.4, -0.2) is 59.1 Å². The van der Waals surface area contributed by atoms with Gasteiger partial charge in [0.05, 0.1) is 31.0 Å². The van der Waals surface area contributed by atoms with Crippen molar-refractivity contribution in [3.8, 4) is 0 Å². The Hall–Kier alpha value is -2.58. The largest absolute Gasteiger partial charge is 0.463 e. The molecule has 2 heterocycles. The second kappa shape index (κ2) is 19.6. The van der Waals surface area contributed by atoms with Crippen LogP contribution in [0.4, 0.5) is 0 Å². The summed E-state index contributed by atoms with van der Waals surface area (Å²) in [5.74, 6) is -0.360. The van der Waals surface area contributed by atoms with E-state index in [1.165, 1.54) is 6.08 Å². The van der Waals surface area contributed by atoms with Gasteiger partial charge < -0.3 is 24.1 Å². The van der Waals surface area contributed by atoms with Crippen LogP contribution < -0.4 is 0 Å². The molecule has 10 atom stereocenters. The fraction of sp³-hybridized carbons (Fsp3) is 0.735. The van der Waals surface area contributed by atoms with Gasteiger partial charge in [0.15, 0.2) is 0 Å². The van der Waals surface area contributed by atoms with E-state index in [0.717, 1.165) is 31.4 Å². The number of esters is 1. The maximum absolute atomic E-state index is 13.6. The summed E-state index contributed by atoms with van der Waals surface area (Å²) in [6, 6.07) is 3.67. The first kappa shape index (κ1) is 38.4. The minimum Gasteiger partial charge on any atom is -0.463 e. The van der Waals surface area contributed by atoms with Crippen molar-refractivity contribution >= 4 is 24.0 Å². The third-order valence-electron chi connectivity index (χ3n) is 8.81. The lowest BCUT2D eigenvalue weighted by molar-refractivity contribution is -0.191. The molecule has 0 amide bonds. The second-order valence-electron chi connectivity index (χ2n) is 12.1. The molecule has 0 saturated carbocycles. The number of aliphatic hydroxyl groups is 2. The van der Waals surface area contributed by atoms with Gasteiger partial charge in [-0.25, -0.2) is 4.79 Å². The number of ketones is 1. The zero-order valence-corrected chi connectivity index (χ0v) is 27.3. The first-order chi connectivity index (χ1) is 20.4. The SMILES string of the molecule is CCC[C@H]1CC[C@H](C)[C@H]([C@@H](C)[C@H](O)[C@H](C)C(=O)[C@H](CC)[C@@H](O)[C@@H](C)C[C@@H](C)c2ccc(/C=C/C(=O)OCC)o2)O1.O=C=O.